The highest BCUT2D eigenvalue weighted by molar-refractivity contribution is 5.05. The Morgan fingerprint density at radius 1 is 1.53 bits per heavy atom. The lowest BCUT2D eigenvalue weighted by Gasteiger charge is -2.43. The number of piperazine rings is 1. The monoisotopic (exact) mass is 236 g/mol. The molecule has 1 atom stereocenters. The molecule has 0 saturated carbocycles. The fraction of sp³-hybridized carbons (Fsp3) is 0.769. The van der Waals surface area contributed by atoms with Gasteiger partial charge in [0.05, 0.1) is 6.20 Å². The van der Waals surface area contributed by atoms with E-state index < -0.39 is 0 Å². The summed E-state index contributed by atoms with van der Waals surface area (Å²) in [6.45, 7) is 13.0. The van der Waals surface area contributed by atoms with Crippen molar-refractivity contribution in [2.75, 3.05) is 13.1 Å². The Hall–Kier alpha value is -0.870. The van der Waals surface area contributed by atoms with Crippen molar-refractivity contribution in [1.82, 2.24) is 20.0 Å². The summed E-state index contributed by atoms with van der Waals surface area (Å²) in [5.41, 5.74) is 1.53. The molecule has 1 saturated heterocycles. The third-order valence-corrected chi connectivity index (χ3v) is 3.49. The van der Waals surface area contributed by atoms with E-state index >= 15 is 0 Å². The van der Waals surface area contributed by atoms with Crippen LogP contribution in [0.3, 0.4) is 0 Å². The van der Waals surface area contributed by atoms with E-state index in [9.17, 15) is 0 Å². The van der Waals surface area contributed by atoms with Gasteiger partial charge in [-0.05, 0) is 27.7 Å². The van der Waals surface area contributed by atoms with Crippen molar-refractivity contribution in [3.05, 3.63) is 18.0 Å². The lowest BCUT2D eigenvalue weighted by atomic mass is 9.99. The number of hydrogen-bond acceptors (Lipinski definition) is 3. The minimum absolute atomic E-state index is 0.216. The summed E-state index contributed by atoms with van der Waals surface area (Å²) in [7, 11) is 0. The quantitative estimate of drug-likeness (QED) is 0.863. The van der Waals surface area contributed by atoms with Gasteiger partial charge >= 0.3 is 0 Å². The average molecular weight is 236 g/mol. The van der Waals surface area contributed by atoms with Crippen molar-refractivity contribution >= 4 is 0 Å². The van der Waals surface area contributed by atoms with E-state index in [0.29, 0.717) is 6.04 Å². The average Bonchev–Trinajstić information content (AvgIpc) is 2.71. The topological polar surface area (TPSA) is 33.1 Å². The van der Waals surface area contributed by atoms with Gasteiger partial charge in [-0.1, -0.05) is 0 Å². The van der Waals surface area contributed by atoms with E-state index in [1.54, 1.807) is 0 Å². The fourth-order valence-corrected chi connectivity index (χ4v) is 2.38. The standard InChI is InChI=1S/C13H24N4/c1-5-17-9-12(7-15-17)8-16-10-13(3,4)14-6-11(16)2/h7,9,11,14H,5-6,8,10H2,1-4H3. The Balaban J connectivity index is 2.01. The first-order valence-electron chi connectivity index (χ1n) is 6.50. The molecule has 2 rings (SSSR count). The molecule has 0 amide bonds. The highest BCUT2D eigenvalue weighted by Gasteiger charge is 2.30. The first-order chi connectivity index (χ1) is 8.00. The molecular weight excluding hydrogens is 212 g/mol. The van der Waals surface area contributed by atoms with Crippen LogP contribution in [0.1, 0.15) is 33.3 Å². The van der Waals surface area contributed by atoms with Crippen LogP contribution in [0.2, 0.25) is 0 Å². The molecule has 2 heterocycles. The Morgan fingerprint density at radius 3 is 2.94 bits per heavy atom. The van der Waals surface area contributed by atoms with Crippen LogP contribution < -0.4 is 5.32 Å². The molecular formula is C13H24N4. The van der Waals surface area contributed by atoms with Crippen molar-refractivity contribution in [3.63, 3.8) is 0 Å². The highest BCUT2D eigenvalue weighted by Crippen LogP contribution is 2.17. The van der Waals surface area contributed by atoms with Gasteiger partial charge in [-0.3, -0.25) is 9.58 Å². The normalized spacial score (nSPS) is 25.1. The third-order valence-electron chi connectivity index (χ3n) is 3.49. The van der Waals surface area contributed by atoms with Crippen molar-refractivity contribution in [1.29, 1.82) is 0 Å². The molecule has 1 unspecified atom stereocenters. The van der Waals surface area contributed by atoms with E-state index in [2.05, 4.69) is 49.2 Å². The van der Waals surface area contributed by atoms with Crippen LogP contribution >= 0.6 is 0 Å². The summed E-state index contributed by atoms with van der Waals surface area (Å²) in [6, 6.07) is 0.591. The number of nitrogens with zero attached hydrogens (tertiary/aromatic N) is 3. The summed E-state index contributed by atoms with van der Waals surface area (Å²) < 4.78 is 1.99. The number of hydrogen-bond donors (Lipinski definition) is 1. The van der Waals surface area contributed by atoms with Crippen LogP contribution in [0.4, 0.5) is 0 Å². The lowest BCUT2D eigenvalue weighted by Crippen LogP contribution is -2.60. The Morgan fingerprint density at radius 2 is 2.29 bits per heavy atom. The van der Waals surface area contributed by atoms with Gasteiger partial charge in [0.1, 0.15) is 0 Å². The first-order valence-corrected chi connectivity index (χ1v) is 6.50. The highest BCUT2D eigenvalue weighted by atomic mass is 15.3. The molecule has 17 heavy (non-hydrogen) atoms. The number of aryl methyl sites for hydroxylation is 1. The third kappa shape index (κ3) is 3.07. The largest absolute Gasteiger partial charge is 0.309 e. The molecule has 0 aromatic carbocycles. The maximum atomic E-state index is 4.34. The Kier molecular flexibility index (Phi) is 3.54. The van der Waals surface area contributed by atoms with Gasteiger partial charge in [-0.2, -0.15) is 5.10 Å². The van der Waals surface area contributed by atoms with E-state index in [1.807, 2.05) is 10.9 Å². The number of rotatable bonds is 3. The van der Waals surface area contributed by atoms with Gasteiger partial charge in [0, 0.05) is 49.5 Å². The Labute approximate surface area is 104 Å². The molecule has 1 aliphatic rings. The molecule has 1 aliphatic heterocycles. The van der Waals surface area contributed by atoms with E-state index in [4.69, 9.17) is 0 Å². The fourth-order valence-electron chi connectivity index (χ4n) is 2.38. The molecule has 0 spiro atoms. The summed E-state index contributed by atoms with van der Waals surface area (Å²) in [5.74, 6) is 0. The van der Waals surface area contributed by atoms with Gasteiger partial charge in [-0.25, -0.2) is 0 Å². The Bertz CT molecular complexity index is 369. The van der Waals surface area contributed by atoms with Gasteiger partial charge < -0.3 is 5.32 Å². The molecule has 0 radical (unpaired) electrons. The van der Waals surface area contributed by atoms with Gasteiger partial charge in [0.25, 0.3) is 0 Å². The first kappa shape index (κ1) is 12.6. The molecule has 96 valence electrons. The molecule has 1 N–H and O–H groups in total. The second kappa shape index (κ2) is 4.78. The van der Waals surface area contributed by atoms with E-state index in [1.165, 1.54) is 5.56 Å². The summed E-state index contributed by atoms with van der Waals surface area (Å²) >= 11 is 0. The molecule has 1 aromatic rings. The summed E-state index contributed by atoms with van der Waals surface area (Å²) in [4.78, 5) is 2.54. The van der Waals surface area contributed by atoms with Crippen LogP contribution in [-0.4, -0.2) is 39.4 Å². The predicted octanol–water partition coefficient (Wildman–Crippen LogP) is 1.48. The van der Waals surface area contributed by atoms with Gasteiger partial charge in [0.2, 0.25) is 0 Å². The second-order valence-electron chi connectivity index (χ2n) is 5.72. The zero-order chi connectivity index (χ0) is 12.5. The zero-order valence-electron chi connectivity index (χ0n) is 11.4. The van der Waals surface area contributed by atoms with Crippen LogP contribution in [0, 0.1) is 0 Å². The van der Waals surface area contributed by atoms with Crippen LogP contribution in [0.25, 0.3) is 0 Å². The zero-order valence-corrected chi connectivity index (χ0v) is 11.4. The van der Waals surface area contributed by atoms with Crippen LogP contribution in [0.15, 0.2) is 12.4 Å². The second-order valence-corrected chi connectivity index (χ2v) is 5.72. The molecule has 0 aliphatic carbocycles. The molecule has 0 bridgehead atoms. The maximum Gasteiger partial charge on any atom is 0.0534 e. The molecule has 4 nitrogen and oxygen atoms in total. The smallest absolute Gasteiger partial charge is 0.0534 e. The molecule has 1 fully saturated rings. The number of aromatic nitrogens is 2. The van der Waals surface area contributed by atoms with Crippen molar-refractivity contribution < 1.29 is 0 Å². The van der Waals surface area contributed by atoms with Crippen LogP contribution in [-0.2, 0) is 13.1 Å². The predicted molar refractivity (Wildman–Crippen MR) is 69.9 cm³/mol. The van der Waals surface area contributed by atoms with Crippen molar-refractivity contribution in [2.45, 2.75) is 52.4 Å². The van der Waals surface area contributed by atoms with E-state index in [0.717, 1.165) is 26.2 Å². The molecule has 1 aromatic heterocycles. The van der Waals surface area contributed by atoms with Gasteiger partial charge in [-0.15, -0.1) is 0 Å². The molecule has 4 heteroatoms. The van der Waals surface area contributed by atoms with Gasteiger partial charge in [0.15, 0.2) is 0 Å². The van der Waals surface area contributed by atoms with E-state index in [-0.39, 0.29) is 5.54 Å². The number of nitrogens with one attached hydrogen (secondary N) is 1. The van der Waals surface area contributed by atoms with Crippen molar-refractivity contribution in [3.8, 4) is 0 Å². The summed E-state index contributed by atoms with van der Waals surface area (Å²) in [6.07, 6.45) is 4.15. The minimum atomic E-state index is 0.216. The summed E-state index contributed by atoms with van der Waals surface area (Å²) in [5, 5.41) is 7.91. The van der Waals surface area contributed by atoms with Crippen molar-refractivity contribution in [2.24, 2.45) is 0 Å². The minimum Gasteiger partial charge on any atom is -0.309 e. The van der Waals surface area contributed by atoms with Crippen LogP contribution in [0.5, 0.6) is 0 Å². The lowest BCUT2D eigenvalue weighted by molar-refractivity contribution is 0.0977. The SMILES string of the molecule is CCn1cc(CN2CC(C)(C)NCC2C)cn1. The maximum absolute atomic E-state index is 4.34.